The number of phenols is 1. The molecule has 29 heavy (non-hydrogen) atoms. The highest BCUT2D eigenvalue weighted by Gasteiger charge is 2.35. The van der Waals surface area contributed by atoms with E-state index in [9.17, 15) is 9.90 Å². The van der Waals surface area contributed by atoms with Crippen molar-refractivity contribution in [1.29, 1.82) is 0 Å². The Bertz CT molecular complexity index is 973. The number of amides is 1. The first-order valence-electron chi connectivity index (χ1n) is 9.57. The number of carbonyl (C=O) groups is 1. The van der Waals surface area contributed by atoms with Crippen molar-refractivity contribution in [1.82, 2.24) is 5.43 Å². The molecule has 1 heterocycles. The van der Waals surface area contributed by atoms with Crippen molar-refractivity contribution in [2.45, 2.75) is 45.6 Å². The first-order chi connectivity index (χ1) is 13.6. The Kier molecular flexibility index (Phi) is 6.39. The van der Waals surface area contributed by atoms with Gasteiger partial charge in [0.2, 0.25) is 0 Å². The molecular formula is C22H25Br2N3O2. The van der Waals surface area contributed by atoms with E-state index in [1.54, 1.807) is 18.3 Å². The molecule has 1 atom stereocenters. The Morgan fingerprint density at radius 3 is 2.76 bits per heavy atom. The van der Waals surface area contributed by atoms with Crippen molar-refractivity contribution < 1.29 is 9.90 Å². The Hall–Kier alpha value is -1.86. The third-order valence-electron chi connectivity index (χ3n) is 5.38. The van der Waals surface area contributed by atoms with E-state index in [2.05, 4.69) is 87.1 Å². The van der Waals surface area contributed by atoms with E-state index in [1.165, 1.54) is 11.3 Å². The number of halogens is 2. The van der Waals surface area contributed by atoms with Crippen LogP contribution in [0.1, 0.15) is 61.5 Å². The number of anilines is 1. The Morgan fingerprint density at radius 2 is 2.07 bits per heavy atom. The zero-order chi connectivity index (χ0) is 21.3. The average molecular weight is 523 g/mol. The van der Waals surface area contributed by atoms with Crippen molar-refractivity contribution in [2.75, 3.05) is 11.4 Å². The lowest BCUT2D eigenvalue weighted by Gasteiger charge is -2.47. The number of rotatable bonds is 4. The molecule has 0 fully saturated rings. The minimum Gasteiger partial charge on any atom is -0.506 e. The van der Waals surface area contributed by atoms with Crippen LogP contribution in [0.5, 0.6) is 5.75 Å². The van der Waals surface area contributed by atoms with E-state index in [1.807, 2.05) is 6.07 Å². The van der Waals surface area contributed by atoms with Crippen LogP contribution < -0.4 is 10.3 Å². The average Bonchev–Trinajstić information content (AvgIpc) is 2.64. The van der Waals surface area contributed by atoms with Crippen LogP contribution in [0.3, 0.4) is 0 Å². The van der Waals surface area contributed by atoms with Gasteiger partial charge in [0.15, 0.2) is 0 Å². The largest absolute Gasteiger partial charge is 0.506 e. The number of hydrazone groups is 1. The molecule has 1 aliphatic heterocycles. The van der Waals surface area contributed by atoms with Gasteiger partial charge in [-0.1, -0.05) is 28.9 Å². The van der Waals surface area contributed by atoms with Crippen LogP contribution in [-0.4, -0.2) is 29.3 Å². The fraction of sp³-hybridized carbons (Fsp3) is 0.364. The molecule has 1 aliphatic rings. The number of carbonyl (C=O) groups excluding carboxylic acids is 1. The monoisotopic (exact) mass is 521 g/mol. The van der Waals surface area contributed by atoms with Gasteiger partial charge in [-0.2, -0.15) is 5.10 Å². The standard InChI is InChI=1S/C22H25Br2N3O2/c1-5-27-19-7-6-14(8-16(19)13(2)11-22(27,3)4)12-25-26-21(29)17-9-15(23)10-18(24)20(17)28/h6-10,12-13,28H,5,11H2,1-4H3,(H,26,29)/b25-12-/t13-/m1/s1. The molecule has 2 N–H and O–H groups in total. The molecule has 0 spiro atoms. The highest BCUT2D eigenvalue weighted by atomic mass is 79.9. The van der Waals surface area contributed by atoms with Crippen LogP contribution in [0.15, 0.2) is 44.4 Å². The van der Waals surface area contributed by atoms with Crippen LogP contribution in [0.4, 0.5) is 5.69 Å². The minimum absolute atomic E-state index is 0.120. The summed E-state index contributed by atoms with van der Waals surface area (Å²) in [6.07, 6.45) is 2.72. The number of phenolic OH excluding ortho intramolecular Hbond substituents is 1. The summed E-state index contributed by atoms with van der Waals surface area (Å²) in [5.41, 5.74) is 6.25. The van der Waals surface area contributed by atoms with Crippen LogP contribution in [0.25, 0.3) is 0 Å². The second-order valence-electron chi connectivity index (χ2n) is 7.96. The van der Waals surface area contributed by atoms with E-state index >= 15 is 0 Å². The third-order valence-corrected chi connectivity index (χ3v) is 6.44. The van der Waals surface area contributed by atoms with E-state index in [0.717, 1.165) is 18.5 Å². The topological polar surface area (TPSA) is 64.9 Å². The molecule has 0 bridgehead atoms. The first-order valence-corrected chi connectivity index (χ1v) is 11.2. The number of aromatic hydroxyl groups is 1. The first kappa shape index (κ1) is 21.8. The molecule has 0 unspecified atom stereocenters. The summed E-state index contributed by atoms with van der Waals surface area (Å²) >= 11 is 6.54. The lowest BCUT2D eigenvalue weighted by molar-refractivity contribution is 0.0952. The summed E-state index contributed by atoms with van der Waals surface area (Å²) < 4.78 is 1.12. The second kappa shape index (κ2) is 8.48. The maximum Gasteiger partial charge on any atom is 0.275 e. The summed E-state index contributed by atoms with van der Waals surface area (Å²) in [5.74, 6) is -0.154. The highest BCUT2D eigenvalue weighted by Crippen LogP contribution is 2.43. The van der Waals surface area contributed by atoms with Crippen molar-refractivity contribution in [3.8, 4) is 5.75 Å². The van der Waals surface area contributed by atoms with Crippen molar-refractivity contribution in [3.63, 3.8) is 0 Å². The zero-order valence-corrected chi connectivity index (χ0v) is 20.1. The summed E-state index contributed by atoms with van der Waals surface area (Å²) in [4.78, 5) is 14.8. The van der Waals surface area contributed by atoms with Gasteiger partial charge in [-0.05, 0) is 84.4 Å². The fourth-order valence-electron chi connectivity index (χ4n) is 4.15. The molecule has 0 aromatic heterocycles. The molecule has 0 aliphatic carbocycles. The summed E-state index contributed by atoms with van der Waals surface area (Å²) in [6.45, 7) is 9.97. The number of benzene rings is 2. The molecular weight excluding hydrogens is 498 g/mol. The SMILES string of the molecule is CCN1c2ccc(/C=N\NC(=O)c3cc(Br)cc(Br)c3O)cc2[C@H](C)CC1(C)C. The summed E-state index contributed by atoms with van der Waals surface area (Å²) in [6, 6.07) is 9.51. The molecule has 1 amide bonds. The van der Waals surface area contributed by atoms with E-state index in [-0.39, 0.29) is 16.9 Å². The van der Waals surface area contributed by atoms with E-state index in [4.69, 9.17) is 0 Å². The van der Waals surface area contributed by atoms with Gasteiger partial charge < -0.3 is 10.0 Å². The third kappa shape index (κ3) is 4.51. The Balaban J connectivity index is 1.79. The second-order valence-corrected chi connectivity index (χ2v) is 9.73. The molecule has 0 saturated heterocycles. The predicted molar refractivity (Wildman–Crippen MR) is 125 cm³/mol. The number of nitrogens with zero attached hydrogens (tertiary/aromatic N) is 2. The molecule has 5 nitrogen and oxygen atoms in total. The highest BCUT2D eigenvalue weighted by molar-refractivity contribution is 9.11. The van der Waals surface area contributed by atoms with Crippen molar-refractivity contribution in [2.24, 2.45) is 5.10 Å². The van der Waals surface area contributed by atoms with Gasteiger partial charge in [-0.25, -0.2) is 5.43 Å². The quantitative estimate of drug-likeness (QED) is 0.394. The fourth-order valence-corrected chi connectivity index (χ4v) is 5.38. The van der Waals surface area contributed by atoms with Gasteiger partial charge >= 0.3 is 0 Å². The van der Waals surface area contributed by atoms with Gasteiger partial charge in [0, 0.05) is 22.2 Å². The zero-order valence-electron chi connectivity index (χ0n) is 17.0. The maximum absolute atomic E-state index is 12.4. The number of hydrogen-bond acceptors (Lipinski definition) is 4. The molecule has 0 saturated carbocycles. The molecule has 154 valence electrons. The maximum atomic E-state index is 12.4. The van der Waals surface area contributed by atoms with Crippen molar-refractivity contribution in [3.05, 3.63) is 56.0 Å². The van der Waals surface area contributed by atoms with Gasteiger partial charge in [0.25, 0.3) is 5.91 Å². The normalized spacial score (nSPS) is 18.0. The van der Waals surface area contributed by atoms with Gasteiger partial charge in [0.1, 0.15) is 5.75 Å². The lowest BCUT2D eigenvalue weighted by Crippen LogP contribution is -2.48. The Labute approximate surface area is 188 Å². The molecule has 2 aromatic carbocycles. The number of fused-ring (bicyclic) bond motifs is 1. The van der Waals surface area contributed by atoms with Crippen LogP contribution >= 0.6 is 31.9 Å². The van der Waals surface area contributed by atoms with Crippen LogP contribution in [0.2, 0.25) is 0 Å². The van der Waals surface area contributed by atoms with Crippen LogP contribution in [-0.2, 0) is 0 Å². The molecule has 2 aromatic rings. The van der Waals surface area contributed by atoms with Crippen molar-refractivity contribution >= 4 is 49.7 Å². The number of hydrogen-bond donors (Lipinski definition) is 2. The Morgan fingerprint density at radius 1 is 1.34 bits per heavy atom. The van der Waals surface area contributed by atoms with Gasteiger partial charge in [0.05, 0.1) is 16.3 Å². The van der Waals surface area contributed by atoms with Crippen LogP contribution in [0, 0.1) is 0 Å². The molecule has 7 heteroatoms. The lowest BCUT2D eigenvalue weighted by atomic mass is 9.79. The number of nitrogens with one attached hydrogen (secondary N) is 1. The van der Waals surface area contributed by atoms with E-state index in [0.29, 0.717) is 14.9 Å². The smallest absolute Gasteiger partial charge is 0.275 e. The summed E-state index contributed by atoms with van der Waals surface area (Å²) in [7, 11) is 0. The van der Waals surface area contributed by atoms with Gasteiger partial charge in [-0.15, -0.1) is 0 Å². The molecule has 3 rings (SSSR count). The summed E-state index contributed by atoms with van der Waals surface area (Å²) in [5, 5.41) is 14.2. The van der Waals surface area contributed by atoms with E-state index < -0.39 is 5.91 Å². The van der Waals surface area contributed by atoms with Gasteiger partial charge in [-0.3, -0.25) is 4.79 Å². The minimum atomic E-state index is -0.481. The predicted octanol–water partition coefficient (Wildman–Crippen LogP) is 5.79. The molecule has 0 radical (unpaired) electrons.